The van der Waals surface area contributed by atoms with Gasteiger partial charge in [0.1, 0.15) is 11.3 Å². The van der Waals surface area contributed by atoms with E-state index in [0.717, 1.165) is 0 Å². The summed E-state index contributed by atoms with van der Waals surface area (Å²) in [5, 5.41) is 26.9. The first kappa shape index (κ1) is 23.6. The van der Waals surface area contributed by atoms with Gasteiger partial charge in [-0.1, -0.05) is 12.8 Å². The van der Waals surface area contributed by atoms with Crippen LogP contribution in [0.2, 0.25) is 6.32 Å². The van der Waals surface area contributed by atoms with Crippen LogP contribution in [0.5, 0.6) is 5.75 Å². The topological polar surface area (TPSA) is 113 Å². The van der Waals surface area contributed by atoms with E-state index in [-0.39, 0.29) is 42.4 Å². The maximum Gasteiger partial charge on any atom is 0.451 e. The summed E-state index contributed by atoms with van der Waals surface area (Å²) in [5.41, 5.74) is 0.145. The molecule has 5 N–H and O–H groups in total. The zero-order valence-electron chi connectivity index (χ0n) is 14.6. The zero-order chi connectivity index (χ0) is 20.5. The van der Waals surface area contributed by atoms with Crippen LogP contribution >= 0.6 is 11.8 Å². The van der Waals surface area contributed by atoms with Crippen LogP contribution in [0, 0.1) is 0 Å². The monoisotopic (exact) mass is 409 g/mol. The number of carboxylic acids is 1. The second-order valence-corrected chi connectivity index (χ2v) is 7.30. The zero-order valence-corrected chi connectivity index (χ0v) is 15.4. The highest BCUT2D eigenvalue weighted by molar-refractivity contribution is 8.00. The van der Waals surface area contributed by atoms with Gasteiger partial charge in [-0.2, -0.15) is 13.2 Å². The second kappa shape index (κ2) is 10.8. The summed E-state index contributed by atoms with van der Waals surface area (Å²) >= 11 is -0.213. The Kier molecular flexibility index (Phi) is 9.44. The number of unbranched alkanes of at least 4 members (excludes halogenated alkanes) is 1. The van der Waals surface area contributed by atoms with E-state index in [4.69, 9.17) is 20.5 Å². The van der Waals surface area contributed by atoms with Crippen LogP contribution in [-0.4, -0.2) is 45.9 Å². The lowest BCUT2D eigenvalue weighted by atomic mass is 9.81. The van der Waals surface area contributed by atoms with Crippen molar-refractivity contribution in [3.8, 4) is 5.75 Å². The Bertz CT molecular complexity index is 588. The molecule has 0 fully saturated rings. The van der Waals surface area contributed by atoms with Crippen molar-refractivity contribution in [2.24, 2.45) is 5.73 Å². The normalized spacial score (nSPS) is 13.9. The molecule has 0 aliphatic carbocycles. The second-order valence-electron chi connectivity index (χ2n) is 6.16. The Balaban J connectivity index is 2.39. The molecule has 152 valence electrons. The first-order chi connectivity index (χ1) is 12.5. The van der Waals surface area contributed by atoms with E-state index in [2.05, 4.69) is 0 Å². The van der Waals surface area contributed by atoms with Crippen molar-refractivity contribution in [3.05, 3.63) is 24.3 Å². The van der Waals surface area contributed by atoms with Crippen LogP contribution < -0.4 is 10.5 Å². The third-order valence-electron chi connectivity index (χ3n) is 3.85. The number of alkyl halides is 3. The third-order valence-corrected chi connectivity index (χ3v) is 4.59. The Morgan fingerprint density at radius 3 is 2.22 bits per heavy atom. The Morgan fingerprint density at radius 2 is 1.70 bits per heavy atom. The number of benzene rings is 1. The number of ether oxygens (including phenoxy) is 1. The number of rotatable bonds is 12. The summed E-state index contributed by atoms with van der Waals surface area (Å²) in [5.74, 6) is -0.753. The molecule has 0 spiro atoms. The molecule has 0 bridgehead atoms. The van der Waals surface area contributed by atoms with E-state index in [1.165, 1.54) is 24.3 Å². The molecule has 1 rings (SSSR count). The summed E-state index contributed by atoms with van der Waals surface area (Å²) in [6.07, 6.45) is 1.75. The van der Waals surface area contributed by atoms with Crippen LogP contribution in [0.4, 0.5) is 13.2 Å². The third kappa shape index (κ3) is 9.90. The van der Waals surface area contributed by atoms with Gasteiger partial charge in [0.2, 0.25) is 0 Å². The van der Waals surface area contributed by atoms with Gasteiger partial charge in [-0.05, 0) is 61.6 Å². The summed E-state index contributed by atoms with van der Waals surface area (Å²) in [6.45, 7) is 0.174. The number of aliphatic carboxylic acids is 1. The van der Waals surface area contributed by atoms with Crippen LogP contribution in [-0.2, 0) is 4.79 Å². The highest BCUT2D eigenvalue weighted by Crippen LogP contribution is 2.37. The minimum atomic E-state index is -4.35. The van der Waals surface area contributed by atoms with Crippen molar-refractivity contribution in [2.45, 2.75) is 54.4 Å². The van der Waals surface area contributed by atoms with E-state index < -0.39 is 24.1 Å². The highest BCUT2D eigenvalue weighted by Gasteiger charge is 2.33. The Morgan fingerprint density at radius 1 is 1.11 bits per heavy atom. The van der Waals surface area contributed by atoms with Gasteiger partial charge in [-0.25, -0.2) is 0 Å². The SMILES string of the molecule is NC(CCCCB(O)O)(CCCOc1ccc(SC(F)(F)F)cc1)C(=O)O. The molecule has 27 heavy (non-hydrogen) atoms. The lowest BCUT2D eigenvalue weighted by molar-refractivity contribution is -0.144. The molecule has 1 unspecified atom stereocenters. The number of carbonyl (C=O) groups is 1. The van der Waals surface area contributed by atoms with Gasteiger partial charge in [0.25, 0.3) is 0 Å². The smallest absolute Gasteiger partial charge is 0.451 e. The van der Waals surface area contributed by atoms with Crippen LogP contribution in [0.1, 0.15) is 32.1 Å². The fourth-order valence-corrected chi connectivity index (χ4v) is 2.96. The molecule has 0 amide bonds. The van der Waals surface area contributed by atoms with Crippen molar-refractivity contribution in [3.63, 3.8) is 0 Å². The molecule has 0 saturated heterocycles. The van der Waals surface area contributed by atoms with E-state index in [9.17, 15) is 23.1 Å². The quantitative estimate of drug-likeness (QED) is 0.239. The molecular weight excluding hydrogens is 386 g/mol. The van der Waals surface area contributed by atoms with Gasteiger partial charge in [-0.15, -0.1) is 0 Å². The summed E-state index contributed by atoms with van der Waals surface area (Å²) in [6, 6.07) is 5.43. The molecule has 1 atom stereocenters. The lowest BCUT2D eigenvalue weighted by Gasteiger charge is -2.24. The Labute approximate surface area is 160 Å². The molecule has 1 aromatic rings. The molecule has 1 aromatic carbocycles. The fraction of sp³-hybridized carbons (Fsp3) is 0.562. The largest absolute Gasteiger partial charge is 0.494 e. The van der Waals surface area contributed by atoms with Crippen LogP contribution in [0.15, 0.2) is 29.2 Å². The number of hydrogen-bond donors (Lipinski definition) is 4. The molecule has 0 aliphatic heterocycles. The number of nitrogens with two attached hydrogens (primary N) is 1. The maximum atomic E-state index is 12.3. The molecule has 11 heteroatoms. The highest BCUT2D eigenvalue weighted by atomic mass is 32.2. The van der Waals surface area contributed by atoms with Gasteiger partial charge >= 0.3 is 18.6 Å². The van der Waals surface area contributed by atoms with Crippen molar-refractivity contribution in [2.75, 3.05) is 6.61 Å². The van der Waals surface area contributed by atoms with Crippen molar-refractivity contribution >= 4 is 24.8 Å². The first-order valence-corrected chi connectivity index (χ1v) is 9.20. The van der Waals surface area contributed by atoms with Crippen molar-refractivity contribution in [1.29, 1.82) is 0 Å². The van der Waals surface area contributed by atoms with Gasteiger partial charge in [0.15, 0.2) is 0 Å². The molecule has 0 aliphatic rings. The number of hydrogen-bond acceptors (Lipinski definition) is 6. The predicted octanol–water partition coefficient (Wildman–Crippen LogP) is 2.88. The van der Waals surface area contributed by atoms with Crippen molar-refractivity contribution in [1.82, 2.24) is 0 Å². The summed E-state index contributed by atoms with van der Waals surface area (Å²) in [7, 11) is -1.42. The molecule has 0 heterocycles. The number of carboxylic acid groups (broad SMARTS) is 1. The summed E-state index contributed by atoms with van der Waals surface area (Å²) < 4.78 is 42.2. The standard InChI is InChI=1S/C16H23BF3NO5S/c18-16(19,20)27-13-6-4-12(5-7-13)26-11-3-9-15(21,14(22)23)8-1-2-10-17(24)25/h4-7,24-25H,1-3,8-11,21H2,(H,22,23). The summed E-state index contributed by atoms with van der Waals surface area (Å²) in [4.78, 5) is 11.5. The number of thioether (sulfide) groups is 1. The number of halogens is 3. The van der Waals surface area contributed by atoms with Gasteiger partial charge in [0, 0.05) is 4.90 Å². The molecule has 0 saturated carbocycles. The molecular formula is C16H23BF3NO5S. The average Bonchev–Trinajstić information content (AvgIpc) is 2.55. The molecule has 0 radical (unpaired) electrons. The predicted molar refractivity (Wildman–Crippen MR) is 96.5 cm³/mol. The van der Waals surface area contributed by atoms with Crippen LogP contribution in [0.3, 0.4) is 0 Å². The van der Waals surface area contributed by atoms with E-state index >= 15 is 0 Å². The average molecular weight is 409 g/mol. The van der Waals surface area contributed by atoms with E-state index in [1.54, 1.807) is 0 Å². The minimum Gasteiger partial charge on any atom is -0.494 e. The van der Waals surface area contributed by atoms with Gasteiger partial charge in [0.05, 0.1) is 6.61 Å². The molecule has 0 aromatic heterocycles. The Hall–Kier alpha value is -1.43. The van der Waals surface area contributed by atoms with Gasteiger partial charge in [-0.3, -0.25) is 4.79 Å². The van der Waals surface area contributed by atoms with E-state index in [1.807, 2.05) is 0 Å². The fourth-order valence-electron chi connectivity index (χ4n) is 2.42. The van der Waals surface area contributed by atoms with Crippen LogP contribution in [0.25, 0.3) is 0 Å². The van der Waals surface area contributed by atoms with E-state index in [0.29, 0.717) is 25.0 Å². The van der Waals surface area contributed by atoms with Gasteiger partial charge < -0.3 is 25.6 Å². The molecule has 6 nitrogen and oxygen atoms in total. The van der Waals surface area contributed by atoms with Crippen molar-refractivity contribution < 1.29 is 37.9 Å². The maximum absolute atomic E-state index is 12.3. The lowest BCUT2D eigenvalue weighted by Crippen LogP contribution is -2.48. The first-order valence-electron chi connectivity index (χ1n) is 8.39. The minimum absolute atomic E-state index is 0.0506.